The van der Waals surface area contributed by atoms with Gasteiger partial charge in [-0.15, -0.1) is 0 Å². The van der Waals surface area contributed by atoms with Crippen LogP contribution in [-0.2, 0) is 79.1 Å². The van der Waals surface area contributed by atoms with Crippen molar-refractivity contribution >= 4 is 165 Å². The molecule has 19 aromatic rings. The van der Waals surface area contributed by atoms with Crippen molar-refractivity contribution in [1.82, 2.24) is 151 Å². The van der Waals surface area contributed by atoms with Crippen LogP contribution >= 0.6 is 0 Å². The highest BCUT2D eigenvalue weighted by molar-refractivity contribution is 5.92. The molecule has 5 aliphatic heterocycles. The number of aliphatic hydroxyl groups excluding tert-OH is 4. The third-order valence-electron chi connectivity index (χ3n) is 26.1. The van der Waals surface area contributed by atoms with Gasteiger partial charge < -0.3 is 103 Å². The molecular formula is C95H98N36O16. The number of nitrogens with zero attached hydrogens (tertiary/aromatic N) is 36. The number of hydrogen-bond acceptors (Lipinski definition) is 36. The first-order chi connectivity index (χ1) is 71.5. The molecule has 5 fully saturated rings. The summed E-state index contributed by atoms with van der Waals surface area (Å²) in [6.07, 6.45) is 23.5. The highest BCUT2D eigenvalue weighted by Crippen LogP contribution is 2.35. The van der Waals surface area contributed by atoms with E-state index in [1.54, 1.807) is 48.4 Å². The number of carboxylic acids is 5. The van der Waals surface area contributed by atoms with E-state index in [0.29, 0.717) is 206 Å². The largest absolute Gasteiger partial charge is 0.480 e. The Labute approximate surface area is 830 Å². The summed E-state index contributed by atoms with van der Waals surface area (Å²) in [6, 6.07) is 31.1. The number of carbonyl (C=O) groups is 6. The van der Waals surface area contributed by atoms with Crippen molar-refractivity contribution < 1.29 is 79.5 Å². The van der Waals surface area contributed by atoms with Gasteiger partial charge >= 0.3 is 29.8 Å². The molecule has 20 heterocycles. The molecule has 0 radical (unpaired) electrons. The number of imidazole rings is 5. The molecule has 754 valence electrons. The smallest absolute Gasteiger partial charge is 0.323 e. The second-order valence-corrected chi connectivity index (χ2v) is 36.0. The second-order valence-electron chi connectivity index (χ2n) is 36.0. The predicted molar refractivity (Wildman–Crippen MR) is 528 cm³/mol. The molecule has 6 aliphatic rings. The average molecular weight is 2000 g/mol. The van der Waals surface area contributed by atoms with Gasteiger partial charge in [0.2, 0.25) is 35.6 Å². The summed E-state index contributed by atoms with van der Waals surface area (Å²) in [6.45, 7) is 6.20. The summed E-state index contributed by atoms with van der Waals surface area (Å²) in [5.41, 5.74) is 10.4. The van der Waals surface area contributed by atoms with Gasteiger partial charge in [-0.2, -0.15) is 75.3 Å². The minimum Gasteiger partial charge on any atom is -0.480 e. The van der Waals surface area contributed by atoms with Crippen LogP contribution in [0.1, 0.15) is 62.6 Å². The normalized spacial score (nSPS) is 16.2. The topological polar surface area (TPSA) is 620 Å². The number of amides is 1. The number of carboxylic acid groups (broad SMARTS) is 5. The van der Waals surface area contributed by atoms with E-state index < -0.39 is 48.7 Å². The Morgan fingerprint density at radius 2 is 0.612 bits per heavy atom. The van der Waals surface area contributed by atoms with Gasteiger partial charge in [-0.05, 0) is 94.0 Å². The zero-order valence-corrected chi connectivity index (χ0v) is 78.9. The number of aliphatic hydroxyl groups is 4. The molecule has 9 N–H and O–H groups in total. The van der Waals surface area contributed by atoms with E-state index in [2.05, 4.69) is 75.3 Å². The van der Waals surface area contributed by atoms with Gasteiger partial charge in [0.15, 0.2) is 84.9 Å². The molecule has 2 atom stereocenters. The molecule has 0 bridgehead atoms. The van der Waals surface area contributed by atoms with Crippen LogP contribution in [0.5, 0.6) is 0 Å². The monoisotopic (exact) mass is 2000 g/mol. The number of piperazine rings is 1. The molecular weight excluding hydrogens is 1900 g/mol. The molecule has 5 saturated heterocycles. The zero-order valence-electron chi connectivity index (χ0n) is 78.9. The molecule has 0 spiro atoms. The van der Waals surface area contributed by atoms with Crippen LogP contribution < -0.4 is 24.5 Å². The SMILES string of the molecule is O=C(O)Cn1cnc2c(-n3ncc4c3CCCC4)nc(N3CCN(C(=O)CO)CC3)nc21.O=C(O)Cn1cnc2c(-n3ncc4ccccc43)nc(N3CCC(O)CC3)nc21.O=C(O)Cn1cnc2c(-n3ncc4ccccc43)nc(N3CCC[C@@H](O)C3)nc21.O=C(O)Cn1cnc2c(-n3ncc4ccccc43)nc(N3CCC[C@H](O)C3)nc21.O=C(O)Cn1cnc2c(-n3ncc4ccccc43)nc(N3CCOCC3)nc21. The molecule has 52 heteroatoms. The average Bonchev–Trinajstić information content (AvgIpc) is 1.63. The van der Waals surface area contributed by atoms with Crippen LogP contribution in [0.25, 0.3) is 129 Å². The predicted octanol–water partition coefficient (Wildman–Crippen LogP) is 4.34. The maximum Gasteiger partial charge on any atom is 0.323 e. The number of anilines is 5. The molecule has 4 aromatic carbocycles. The fourth-order valence-corrected chi connectivity index (χ4v) is 18.9. The van der Waals surface area contributed by atoms with E-state index >= 15 is 0 Å². The highest BCUT2D eigenvalue weighted by atomic mass is 16.5. The third kappa shape index (κ3) is 19.8. The van der Waals surface area contributed by atoms with Gasteiger partial charge in [-0.3, -0.25) is 28.8 Å². The van der Waals surface area contributed by atoms with Crippen molar-refractivity contribution in [2.45, 2.75) is 115 Å². The van der Waals surface area contributed by atoms with Gasteiger partial charge in [-0.1, -0.05) is 72.8 Å². The summed E-state index contributed by atoms with van der Waals surface area (Å²) in [5, 5.41) is 112. The Hall–Kier alpha value is -17.7. The lowest BCUT2D eigenvalue weighted by Gasteiger charge is -2.34. The van der Waals surface area contributed by atoms with Crippen molar-refractivity contribution in [2.75, 3.05) is 123 Å². The number of piperidine rings is 3. The van der Waals surface area contributed by atoms with Crippen molar-refractivity contribution in [3.63, 3.8) is 0 Å². The Morgan fingerprint density at radius 3 is 0.939 bits per heavy atom. The molecule has 1 amide bonds. The van der Waals surface area contributed by atoms with Crippen molar-refractivity contribution in [3.8, 4) is 29.1 Å². The van der Waals surface area contributed by atoms with E-state index in [9.17, 15) is 69.6 Å². The number of rotatable bonds is 21. The second kappa shape index (κ2) is 41.4. The minimum absolute atomic E-state index is 0.227. The molecule has 0 unspecified atom stereocenters. The number of ether oxygens (including phenoxy) is 1. The molecule has 0 saturated carbocycles. The van der Waals surface area contributed by atoms with Gasteiger partial charge in [0, 0.05) is 106 Å². The molecule has 147 heavy (non-hydrogen) atoms. The van der Waals surface area contributed by atoms with E-state index in [4.69, 9.17) is 34.8 Å². The summed E-state index contributed by atoms with van der Waals surface area (Å²) in [5.74, 6) is -0.380. The molecule has 52 nitrogen and oxygen atoms in total. The number of para-hydroxylation sites is 4. The number of aliphatic carboxylic acids is 5. The third-order valence-corrected chi connectivity index (χ3v) is 26.1. The highest BCUT2D eigenvalue weighted by Gasteiger charge is 2.33. The summed E-state index contributed by atoms with van der Waals surface area (Å²) in [4.78, 5) is 148. The lowest BCUT2D eigenvalue weighted by molar-refractivity contribution is -0.138. The summed E-state index contributed by atoms with van der Waals surface area (Å²) < 4.78 is 21.5. The van der Waals surface area contributed by atoms with Gasteiger partial charge in [0.1, 0.15) is 39.3 Å². The Morgan fingerprint density at radius 1 is 0.313 bits per heavy atom. The van der Waals surface area contributed by atoms with Crippen molar-refractivity contribution in [1.29, 1.82) is 0 Å². The van der Waals surface area contributed by atoms with Crippen LogP contribution in [0.3, 0.4) is 0 Å². The summed E-state index contributed by atoms with van der Waals surface area (Å²) >= 11 is 0. The fourth-order valence-electron chi connectivity index (χ4n) is 18.9. The van der Waals surface area contributed by atoms with Crippen molar-refractivity contribution in [3.05, 3.63) is 171 Å². The van der Waals surface area contributed by atoms with Crippen LogP contribution in [0.4, 0.5) is 29.7 Å². The van der Waals surface area contributed by atoms with E-state index in [0.717, 1.165) is 114 Å². The minimum atomic E-state index is -0.987. The number of benzene rings is 4. The van der Waals surface area contributed by atoms with E-state index in [1.807, 2.05) is 132 Å². The maximum absolute atomic E-state index is 11.8. The van der Waals surface area contributed by atoms with Crippen LogP contribution in [-0.4, -0.2) is 350 Å². The van der Waals surface area contributed by atoms with Gasteiger partial charge in [-0.25, -0.2) is 48.3 Å². The number of β-amino-alcohol motifs (C(OH)–C–C–N with tert-alkyl or cyclic N) is 2. The number of morpholine rings is 1. The van der Waals surface area contributed by atoms with Crippen LogP contribution in [0.15, 0.2) is 160 Å². The molecule has 15 aromatic heterocycles. The first-order valence-electron chi connectivity index (χ1n) is 47.8. The van der Waals surface area contributed by atoms with E-state index in [1.165, 1.54) is 60.0 Å². The Kier molecular flexibility index (Phi) is 26.9. The number of hydrogen-bond donors (Lipinski definition) is 9. The van der Waals surface area contributed by atoms with Gasteiger partial charge in [0.25, 0.3) is 0 Å². The lowest BCUT2D eigenvalue weighted by Crippen LogP contribution is -2.50. The van der Waals surface area contributed by atoms with Crippen LogP contribution in [0.2, 0.25) is 0 Å². The number of carbonyl (C=O) groups excluding carboxylic acids is 1. The first kappa shape index (κ1) is 95.5. The van der Waals surface area contributed by atoms with Crippen LogP contribution in [0, 0.1) is 0 Å². The Balaban J connectivity index is 0.000000108. The lowest BCUT2D eigenvalue weighted by atomic mass is 9.98. The van der Waals surface area contributed by atoms with Gasteiger partial charge in [0.05, 0.1) is 116 Å². The molecule has 1 aliphatic carbocycles. The number of aromatic nitrogens is 30. The number of aryl methyl sites for hydroxylation is 1. The quantitative estimate of drug-likeness (QED) is 0.0483. The van der Waals surface area contributed by atoms with Crippen molar-refractivity contribution in [2.24, 2.45) is 0 Å². The molecule has 25 rings (SSSR count). The fraction of sp³-hybridized carbons (Fsp3) is 0.347. The Bertz CT molecular complexity index is 7990. The van der Waals surface area contributed by atoms with E-state index in [-0.39, 0.29) is 44.7 Å². The summed E-state index contributed by atoms with van der Waals surface area (Å²) in [7, 11) is 0. The first-order valence-corrected chi connectivity index (χ1v) is 47.8. The number of fused-ring (bicyclic) bond motifs is 10. The standard InChI is InChI=1S/C20H24N8O4.3C19H19N7O3.C18H17N7O3/c29-11-15(30)25-5-7-26(8-6-25)20-23-18-17(21-12-27(18)10-16(31)32)19(24-20)28-14-4-2-1-3-13(14)9-22-28;2*27-13-5-3-7-24(9-13)19-22-17-16(20-11-25(17)10-15(28)29)18(23-19)26-14-6-2-1-4-12(14)8-21-26;27-13-5-7-24(8-6-13)19-22-17-16(20-11-25(17)10-15(28)29)18(23-19)26-14-4-2-1-3-12(14)9-21-26;26-14(27)10-24-11-19-15-16(24)21-18(23-5-7-28-8-6-23)22-17(15)25-13-4-2-1-3-12(13)9-20-25/h9,12,29H,1-8,10-11H2,(H,31,32);2*1-2,4,6,8,11,13,27H,3,5,7,9-10H2,(H,28,29);1-4,9,11,13,27H,5-8,10H2,(H,28,29);1-4,9,11H,5-8,10H2,(H,26,27)/t;2*13-;;/m.10../s1. The maximum atomic E-state index is 11.8. The zero-order chi connectivity index (χ0) is 101.